The van der Waals surface area contributed by atoms with Crippen molar-refractivity contribution < 1.29 is 14.3 Å². The van der Waals surface area contributed by atoms with Gasteiger partial charge in [-0.05, 0) is 72.6 Å². The summed E-state index contributed by atoms with van der Waals surface area (Å²) in [4.78, 5) is 31.6. The maximum absolute atomic E-state index is 12.9. The Labute approximate surface area is 178 Å². The van der Waals surface area contributed by atoms with Gasteiger partial charge < -0.3 is 9.47 Å². The lowest BCUT2D eigenvalue weighted by Crippen LogP contribution is -2.48. The van der Waals surface area contributed by atoms with E-state index in [4.69, 9.17) is 9.47 Å². The summed E-state index contributed by atoms with van der Waals surface area (Å²) >= 11 is 0. The topological polar surface area (TPSA) is 73.7 Å². The van der Waals surface area contributed by atoms with Crippen molar-refractivity contribution in [1.82, 2.24) is 14.5 Å². The highest BCUT2D eigenvalue weighted by molar-refractivity contribution is 5.79. The Kier molecular flexibility index (Phi) is 6.22. The Morgan fingerprint density at radius 1 is 1.13 bits per heavy atom. The van der Waals surface area contributed by atoms with Crippen LogP contribution in [0.25, 0.3) is 10.9 Å². The van der Waals surface area contributed by atoms with Crippen LogP contribution in [0.4, 0.5) is 0 Å². The number of hydrogen-bond donors (Lipinski definition) is 0. The van der Waals surface area contributed by atoms with Gasteiger partial charge >= 0.3 is 5.97 Å². The molecule has 0 amide bonds. The maximum atomic E-state index is 12.9. The number of rotatable bonds is 4. The molecule has 0 radical (unpaired) electrons. The summed E-state index contributed by atoms with van der Waals surface area (Å²) in [5.74, 6) is 0.299. The van der Waals surface area contributed by atoms with E-state index in [-0.39, 0.29) is 29.9 Å². The van der Waals surface area contributed by atoms with Gasteiger partial charge in [0.25, 0.3) is 5.56 Å². The molecular formula is C23H33N3O4. The fourth-order valence-electron chi connectivity index (χ4n) is 3.48. The van der Waals surface area contributed by atoms with E-state index in [1.54, 1.807) is 32.9 Å². The van der Waals surface area contributed by atoms with E-state index in [0.29, 0.717) is 16.7 Å². The first-order valence-electron chi connectivity index (χ1n) is 10.5. The first-order chi connectivity index (χ1) is 13.9. The molecule has 1 aliphatic heterocycles. The normalized spacial score (nSPS) is 16.6. The number of aromatic nitrogens is 2. The van der Waals surface area contributed by atoms with Gasteiger partial charge in [0, 0.05) is 18.6 Å². The minimum Gasteiger partial charge on any atom is -0.490 e. The Morgan fingerprint density at radius 3 is 2.40 bits per heavy atom. The molecule has 2 aromatic rings. The Balaban J connectivity index is 1.72. The minimum atomic E-state index is -0.628. The standard InChI is InChI=1S/C23H33N3O4/c1-22(2,3)21(28)29-15-25-14-24-19-8-7-17(13-18(19)20(25)27)30-16-9-11-26(12-10-16)23(4,5)6/h7-8,13-14,16H,9-12,15H2,1-6H3. The molecule has 0 aliphatic carbocycles. The molecule has 0 spiro atoms. The molecule has 0 N–H and O–H groups in total. The van der Waals surface area contributed by atoms with Crippen molar-refractivity contribution in [2.45, 2.75) is 72.8 Å². The Morgan fingerprint density at radius 2 is 1.80 bits per heavy atom. The number of benzene rings is 1. The van der Waals surface area contributed by atoms with E-state index >= 15 is 0 Å². The second-order valence-electron chi connectivity index (χ2n) is 9.98. The summed E-state index contributed by atoms with van der Waals surface area (Å²) in [5, 5.41) is 0.453. The number of nitrogens with zero attached hydrogens (tertiary/aromatic N) is 3. The molecule has 164 valence electrons. The van der Waals surface area contributed by atoms with E-state index in [0.717, 1.165) is 25.9 Å². The molecule has 0 unspecified atom stereocenters. The average molecular weight is 416 g/mol. The van der Waals surface area contributed by atoms with Crippen molar-refractivity contribution in [3.05, 3.63) is 34.9 Å². The molecule has 2 heterocycles. The largest absolute Gasteiger partial charge is 0.490 e. The van der Waals surface area contributed by atoms with E-state index < -0.39 is 5.41 Å². The summed E-state index contributed by atoms with van der Waals surface area (Å²) < 4.78 is 12.7. The smallest absolute Gasteiger partial charge is 0.312 e. The lowest BCUT2D eigenvalue weighted by molar-refractivity contribution is -0.157. The molecule has 1 aromatic carbocycles. The van der Waals surface area contributed by atoms with Gasteiger partial charge in [-0.25, -0.2) is 4.98 Å². The summed E-state index contributed by atoms with van der Waals surface area (Å²) in [5.41, 5.74) is -0.124. The zero-order chi connectivity index (χ0) is 22.1. The first kappa shape index (κ1) is 22.3. The van der Waals surface area contributed by atoms with Gasteiger partial charge in [-0.1, -0.05) is 0 Å². The first-order valence-corrected chi connectivity index (χ1v) is 10.5. The lowest BCUT2D eigenvalue weighted by Gasteiger charge is -2.40. The molecule has 3 rings (SSSR count). The number of esters is 1. The summed E-state index contributed by atoms with van der Waals surface area (Å²) in [7, 11) is 0. The number of piperidine rings is 1. The molecule has 0 atom stereocenters. The Bertz CT molecular complexity index is 961. The van der Waals surface area contributed by atoms with Crippen LogP contribution < -0.4 is 10.3 Å². The molecule has 30 heavy (non-hydrogen) atoms. The predicted molar refractivity (Wildman–Crippen MR) is 117 cm³/mol. The number of fused-ring (bicyclic) bond motifs is 1. The lowest BCUT2D eigenvalue weighted by atomic mass is 9.98. The van der Waals surface area contributed by atoms with Gasteiger partial charge in [0.05, 0.1) is 16.3 Å². The molecule has 7 nitrogen and oxygen atoms in total. The minimum absolute atomic E-state index is 0.132. The van der Waals surface area contributed by atoms with Crippen LogP contribution in [0.5, 0.6) is 5.75 Å². The van der Waals surface area contributed by atoms with Crippen LogP contribution in [-0.2, 0) is 16.3 Å². The zero-order valence-electron chi connectivity index (χ0n) is 18.9. The van der Waals surface area contributed by atoms with Crippen LogP contribution in [0.1, 0.15) is 54.4 Å². The summed E-state index contributed by atoms with van der Waals surface area (Å²) in [6.07, 6.45) is 3.45. The number of likely N-dealkylation sites (tertiary alicyclic amines) is 1. The molecule has 1 aliphatic rings. The summed E-state index contributed by atoms with van der Waals surface area (Å²) in [6.45, 7) is 13.8. The van der Waals surface area contributed by atoms with Gasteiger partial charge in [0.2, 0.25) is 0 Å². The number of ether oxygens (including phenoxy) is 2. The van der Waals surface area contributed by atoms with Crippen molar-refractivity contribution in [3.8, 4) is 5.75 Å². The molecule has 0 bridgehead atoms. The highest BCUT2D eigenvalue weighted by Gasteiger charge is 2.28. The molecule has 0 saturated carbocycles. The van der Waals surface area contributed by atoms with Crippen molar-refractivity contribution in [1.29, 1.82) is 0 Å². The van der Waals surface area contributed by atoms with Crippen molar-refractivity contribution >= 4 is 16.9 Å². The van der Waals surface area contributed by atoms with E-state index in [9.17, 15) is 9.59 Å². The van der Waals surface area contributed by atoms with Gasteiger partial charge in [-0.3, -0.25) is 19.1 Å². The van der Waals surface area contributed by atoms with Crippen LogP contribution in [-0.4, -0.2) is 45.2 Å². The monoisotopic (exact) mass is 415 g/mol. The van der Waals surface area contributed by atoms with Crippen LogP contribution in [0.3, 0.4) is 0 Å². The zero-order valence-corrected chi connectivity index (χ0v) is 18.9. The van der Waals surface area contributed by atoms with Crippen LogP contribution >= 0.6 is 0 Å². The second kappa shape index (κ2) is 8.38. The third kappa shape index (κ3) is 5.19. The van der Waals surface area contributed by atoms with Gasteiger partial charge in [0.15, 0.2) is 6.73 Å². The van der Waals surface area contributed by atoms with Crippen LogP contribution in [0.15, 0.2) is 29.3 Å². The molecule has 7 heteroatoms. The predicted octanol–water partition coefficient (Wildman–Crippen LogP) is 3.59. The van der Waals surface area contributed by atoms with Gasteiger partial charge in [0.1, 0.15) is 18.2 Å². The van der Waals surface area contributed by atoms with E-state index in [2.05, 4.69) is 30.7 Å². The van der Waals surface area contributed by atoms with Crippen LogP contribution in [0, 0.1) is 5.41 Å². The second-order valence-corrected chi connectivity index (χ2v) is 9.98. The highest BCUT2D eigenvalue weighted by atomic mass is 16.5. The van der Waals surface area contributed by atoms with Gasteiger partial charge in [-0.15, -0.1) is 0 Å². The van der Waals surface area contributed by atoms with Gasteiger partial charge in [-0.2, -0.15) is 0 Å². The molecule has 1 saturated heterocycles. The van der Waals surface area contributed by atoms with Crippen molar-refractivity contribution in [3.63, 3.8) is 0 Å². The third-order valence-corrected chi connectivity index (χ3v) is 5.44. The maximum Gasteiger partial charge on any atom is 0.312 e. The molecular weight excluding hydrogens is 382 g/mol. The van der Waals surface area contributed by atoms with E-state index in [1.165, 1.54) is 10.9 Å². The SMILES string of the molecule is CC(C)(C)C(=O)OCn1cnc2ccc(OC3CCN(C(C)(C)C)CC3)cc2c1=O. The van der Waals surface area contributed by atoms with Crippen LogP contribution in [0.2, 0.25) is 0 Å². The fraction of sp³-hybridized carbons (Fsp3) is 0.609. The quantitative estimate of drug-likeness (QED) is 0.711. The number of carbonyl (C=O) groups excluding carboxylic acids is 1. The average Bonchev–Trinajstić information content (AvgIpc) is 2.66. The highest BCUT2D eigenvalue weighted by Crippen LogP contribution is 2.25. The van der Waals surface area contributed by atoms with Crippen molar-refractivity contribution in [2.24, 2.45) is 5.41 Å². The number of carbonyl (C=O) groups is 1. The fourth-order valence-corrected chi connectivity index (χ4v) is 3.48. The number of hydrogen-bond acceptors (Lipinski definition) is 6. The Hall–Kier alpha value is -2.41. The van der Waals surface area contributed by atoms with E-state index in [1.807, 2.05) is 6.07 Å². The third-order valence-electron chi connectivity index (χ3n) is 5.44. The molecule has 1 fully saturated rings. The van der Waals surface area contributed by atoms with Crippen molar-refractivity contribution in [2.75, 3.05) is 13.1 Å². The molecule has 1 aromatic heterocycles. The summed E-state index contributed by atoms with van der Waals surface area (Å²) in [6, 6.07) is 5.39.